The number of carbonyl (C=O) groups is 1. The van der Waals surface area contributed by atoms with Crippen molar-refractivity contribution in [2.24, 2.45) is 5.73 Å². The van der Waals surface area contributed by atoms with Crippen molar-refractivity contribution in [3.8, 4) is 17.2 Å². The fraction of sp³-hybridized carbons (Fsp3) is 0.500. The smallest absolute Gasteiger partial charge is 0.260 e. The number of benzene rings is 1. The third kappa shape index (κ3) is 3.77. The lowest BCUT2D eigenvalue weighted by atomic mass is 10.1. The molecule has 0 aliphatic carbocycles. The minimum atomic E-state index is -0.650. The van der Waals surface area contributed by atoms with Crippen LogP contribution in [0.1, 0.15) is 12.5 Å². The van der Waals surface area contributed by atoms with Crippen molar-refractivity contribution in [3.05, 3.63) is 17.7 Å². The van der Waals surface area contributed by atoms with Crippen molar-refractivity contribution in [2.75, 3.05) is 27.8 Å². The van der Waals surface area contributed by atoms with Crippen LogP contribution in [0.25, 0.3) is 0 Å². The molecule has 6 heteroatoms. The fourth-order valence-corrected chi connectivity index (χ4v) is 1.79. The SMILES string of the molecule is CNC(=O)C(C)Oc1c(OC)cc(CCN)cc1OC. The number of methoxy groups -OCH3 is 2. The van der Waals surface area contributed by atoms with Crippen LogP contribution in [0.15, 0.2) is 12.1 Å². The lowest BCUT2D eigenvalue weighted by Crippen LogP contribution is -2.33. The highest BCUT2D eigenvalue weighted by molar-refractivity contribution is 5.80. The van der Waals surface area contributed by atoms with Crippen LogP contribution in [-0.4, -0.2) is 39.8 Å². The van der Waals surface area contributed by atoms with Gasteiger partial charge in [-0.25, -0.2) is 0 Å². The van der Waals surface area contributed by atoms with Crippen LogP contribution in [-0.2, 0) is 11.2 Å². The molecule has 0 aromatic heterocycles. The Bertz CT molecular complexity index is 437. The number of likely N-dealkylation sites (N-methyl/N-ethyl adjacent to an activating group) is 1. The minimum Gasteiger partial charge on any atom is -0.493 e. The molecule has 0 radical (unpaired) electrons. The van der Waals surface area contributed by atoms with Crippen molar-refractivity contribution >= 4 is 5.91 Å². The molecule has 0 aliphatic rings. The van der Waals surface area contributed by atoms with Crippen LogP contribution in [0, 0.1) is 0 Å². The number of carbonyl (C=O) groups excluding carboxylic acids is 1. The molecule has 1 aromatic carbocycles. The molecule has 0 saturated heterocycles. The van der Waals surface area contributed by atoms with Crippen LogP contribution in [0.5, 0.6) is 17.2 Å². The summed E-state index contributed by atoms with van der Waals surface area (Å²) in [7, 11) is 4.64. The molecule has 1 rings (SSSR count). The summed E-state index contributed by atoms with van der Waals surface area (Å²) in [5.41, 5.74) is 6.54. The monoisotopic (exact) mass is 282 g/mol. The number of hydrogen-bond acceptors (Lipinski definition) is 5. The van der Waals surface area contributed by atoms with Crippen molar-refractivity contribution < 1.29 is 19.0 Å². The molecular formula is C14H22N2O4. The molecule has 112 valence electrons. The first-order chi connectivity index (χ1) is 9.57. The van der Waals surface area contributed by atoms with Gasteiger partial charge in [-0.3, -0.25) is 4.79 Å². The van der Waals surface area contributed by atoms with Crippen LogP contribution >= 0.6 is 0 Å². The predicted octanol–water partition coefficient (Wildman–Crippen LogP) is 0.718. The summed E-state index contributed by atoms with van der Waals surface area (Å²) in [4.78, 5) is 11.6. The maximum Gasteiger partial charge on any atom is 0.260 e. The summed E-state index contributed by atoms with van der Waals surface area (Å²) in [6.07, 6.45) is 0.0565. The van der Waals surface area contributed by atoms with Gasteiger partial charge >= 0.3 is 0 Å². The zero-order valence-electron chi connectivity index (χ0n) is 12.4. The first-order valence-corrected chi connectivity index (χ1v) is 6.40. The summed E-state index contributed by atoms with van der Waals surface area (Å²) in [5, 5.41) is 2.53. The highest BCUT2D eigenvalue weighted by Crippen LogP contribution is 2.39. The summed E-state index contributed by atoms with van der Waals surface area (Å²) < 4.78 is 16.3. The van der Waals surface area contributed by atoms with Gasteiger partial charge in [0.25, 0.3) is 5.91 Å². The first-order valence-electron chi connectivity index (χ1n) is 6.40. The average Bonchev–Trinajstić information content (AvgIpc) is 2.47. The van der Waals surface area contributed by atoms with Gasteiger partial charge in [0.1, 0.15) is 0 Å². The number of rotatable bonds is 7. The second-order valence-corrected chi connectivity index (χ2v) is 4.24. The predicted molar refractivity (Wildman–Crippen MR) is 76.5 cm³/mol. The van der Waals surface area contributed by atoms with Crippen molar-refractivity contribution in [2.45, 2.75) is 19.4 Å². The Morgan fingerprint density at radius 2 is 1.85 bits per heavy atom. The Labute approximate surface area is 119 Å². The molecule has 0 spiro atoms. The summed E-state index contributed by atoms with van der Waals surface area (Å²) in [5.74, 6) is 1.22. The van der Waals surface area contributed by atoms with E-state index in [0.717, 1.165) is 5.56 Å². The fourth-order valence-electron chi connectivity index (χ4n) is 1.79. The normalized spacial score (nSPS) is 11.7. The highest BCUT2D eigenvalue weighted by atomic mass is 16.5. The maximum absolute atomic E-state index is 11.6. The molecule has 6 nitrogen and oxygen atoms in total. The quantitative estimate of drug-likeness (QED) is 0.770. The summed E-state index contributed by atoms with van der Waals surface area (Å²) in [6.45, 7) is 2.19. The molecule has 0 bridgehead atoms. The topological polar surface area (TPSA) is 82.8 Å². The largest absolute Gasteiger partial charge is 0.493 e. The van der Waals surface area contributed by atoms with E-state index in [2.05, 4.69) is 5.32 Å². The van der Waals surface area contributed by atoms with E-state index in [9.17, 15) is 4.79 Å². The van der Waals surface area contributed by atoms with E-state index in [1.54, 1.807) is 28.2 Å². The minimum absolute atomic E-state index is 0.222. The van der Waals surface area contributed by atoms with E-state index in [0.29, 0.717) is 30.2 Å². The molecule has 1 atom stereocenters. The van der Waals surface area contributed by atoms with E-state index < -0.39 is 6.10 Å². The molecule has 1 unspecified atom stereocenters. The summed E-state index contributed by atoms with van der Waals surface area (Å²) in [6, 6.07) is 3.67. The lowest BCUT2D eigenvalue weighted by molar-refractivity contribution is -0.126. The van der Waals surface area contributed by atoms with Gasteiger partial charge in [0.15, 0.2) is 17.6 Å². The Morgan fingerprint density at radius 1 is 1.30 bits per heavy atom. The van der Waals surface area contributed by atoms with Gasteiger partial charge in [-0.15, -0.1) is 0 Å². The second kappa shape index (κ2) is 7.59. The zero-order valence-corrected chi connectivity index (χ0v) is 12.4. The molecule has 0 fully saturated rings. The Balaban J connectivity index is 3.12. The van der Waals surface area contributed by atoms with Gasteiger partial charge in [0.05, 0.1) is 14.2 Å². The van der Waals surface area contributed by atoms with Crippen LogP contribution in [0.3, 0.4) is 0 Å². The standard InChI is InChI=1S/C14H22N2O4/c1-9(14(17)16-2)20-13-11(18-3)7-10(5-6-15)8-12(13)19-4/h7-9H,5-6,15H2,1-4H3,(H,16,17). The Morgan fingerprint density at radius 3 is 2.25 bits per heavy atom. The third-order valence-corrected chi connectivity index (χ3v) is 2.86. The molecule has 1 aromatic rings. The van der Waals surface area contributed by atoms with Gasteiger partial charge in [-0.2, -0.15) is 0 Å². The average molecular weight is 282 g/mol. The van der Waals surface area contributed by atoms with E-state index in [4.69, 9.17) is 19.9 Å². The molecule has 0 aliphatic heterocycles. The number of amides is 1. The van der Waals surface area contributed by atoms with Crippen molar-refractivity contribution in [3.63, 3.8) is 0 Å². The number of nitrogens with one attached hydrogen (secondary N) is 1. The van der Waals surface area contributed by atoms with Crippen LogP contribution < -0.4 is 25.3 Å². The third-order valence-electron chi connectivity index (χ3n) is 2.86. The first kappa shape index (κ1) is 16.1. The van der Waals surface area contributed by atoms with Crippen LogP contribution in [0.4, 0.5) is 0 Å². The van der Waals surface area contributed by atoms with E-state index in [1.165, 1.54) is 0 Å². The van der Waals surface area contributed by atoms with Crippen LogP contribution in [0.2, 0.25) is 0 Å². The van der Waals surface area contributed by atoms with Gasteiger partial charge in [-0.1, -0.05) is 0 Å². The molecule has 1 amide bonds. The number of hydrogen-bond donors (Lipinski definition) is 2. The zero-order chi connectivity index (χ0) is 15.1. The summed E-state index contributed by atoms with van der Waals surface area (Å²) >= 11 is 0. The van der Waals surface area contributed by atoms with E-state index in [1.807, 2.05) is 12.1 Å². The Kier molecular flexibility index (Phi) is 6.11. The van der Waals surface area contributed by atoms with Crippen molar-refractivity contribution in [1.29, 1.82) is 0 Å². The Hall–Kier alpha value is -1.95. The number of ether oxygens (including phenoxy) is 3. The molecular weight excluding hydrogens is 260 g/mol. The van der Waals surface area contributed by atoms with Crippen molar-refractivity contribution in [1.82, 2.24) is 5.32 Å². The highest BCUT2D eigenvalue weighted by Gasteiger charge is 2.20. The van der Waals surface area contributed by atoms with Gasteiger partial charge in [0, 0.05) is 7.05 Å². The van der Waals surface area contributed by atoms with Gasteiger partial charge in [-0.05, 0) is 37.6 Å². The molecule has 20 heavy (non-hydrogen) atoms. The maximum atomic E-state index is 11.6. The van der Waals surface area contributed by atoms with E-state index >= 15 is 0 Å². The number of nitrogens with two attached hydrogens (primary N) is 1. The molecule has 0 saturated carbocycles. The van der Waals surface area contributed by atoms with Gasteiger partial charge < -0.3 is 25.3 Å². The van der Waals surface area contributed by atoms with Gasteiger partial charge in [0.2, 0.25) is 5.75 Å². The lowest BCUT2D eigenvalue weighted by Gasteiger charge is -2.19. The van der Waals surface area contributed by atoms with E-state index in [-0.39, 0.29) is 5.91 Å². The molecule has 0 heterocycles. The second-order valence-electron chi connectivity index (χ2n) is 4.24. The molecule has 3 N–H and O–H groups in total.